The number of nitrogens with one attached hydrogen (secondary N) is 1. The minimum atomic E-state index is -0.155. The van der Waals surface area contributed by atoms with Crippen molar-refractivity contribution in [3.63, 3.8) is 0 Å². The number of halogens is 1. The van der Waals surface area contributed by atoms with Crippen LogP contribution in [0.2, 0.25) is 0 Å². The summed E-state index contributed by atoms with van der Waals surface area (Å²) in [5, 5.41) is 2.77. The van der Waals surface area contributed by atoms with Gasteiger partial charge < -0.3 is 10.2 Å². The lowest BCUT2D eigenvalue weighted by atomic mass is 10.1. The van der Waals surface area contributed by atoms with Crippen molar-refractivity contribution in [2.45, 2.75) is 27.2 Å². The summed E-state index contributed by atoms with van der Waals surface area (Å²) in [5.41, 5.74) is 1.68. The predicted octanol–water partition coefficient (Wildman–Crippen LogP) is 2.75. The lowest BCUT2D eigenvalue weighted by Gasteiger charge is -2.18. The van der Waals surface area contributed by atoms with Crippen molar-refractivity contribution >= 4 is 27.7 Å². The SMILES string of the molecule is CCN(CC)C(=O)CCNC(=O)c1ccc(C)c(Br)c1. The number of hydrogen-bond acceptors (Lipinski definition) is 2. The first kappa shape index (κ1) is 16.7. The third-order valence-electron chi connectivity index (χ3n) is 3.17. The Bertz CT molecular complexity index is 485. The molecule has 1 rings (SSSR count). The molecule has 5 heteroatoms. The van der Waals surface area contributed by atoms with Gasteiger partial charge in [0.25, 0.3) is 5.91 Å². The normalized spacial score (nSPS) is 10.2. The number of benzene rings is 1. The summed E-state index contributed by atoms with van der Waals surface area (Å²) < 4.78 is 0.907. The molecule has 0 aromatic heterocycles. The van der Waals surface area contributed by atoms with Gasteiger partial charge in [0.15, 0.2) is 0 Å². The predicted molar refractivity (Wildman–Crippen MR) is 83.8 cm³/mol. The van der Waals surface area contributed by atoms with Crippen molar-refractivity contribution in [3.05, 3.63) is 33.8 Å². The highest BCUT2D eigenvalue weighted by Gasteiger charge is 2.11. The Balaban J connectivity index is 2.47. The van der Waals surface area contributed by atoms with Gasteiger partial charge in [0.1, 0.15) is 0 Å². The summed E-state index contributed by atoms with van der Waals surface area (Å²) in [7, 11) is 0. The van der Waals surface area contributed by atoms with Crippen LogP contribution in [0.3, 0.4) is 0 Å². The number of rotatable bonds is 6. The van der Waals surface area contributed by atoms with Gasteiger partial charge in [-0.25, -0.2) is 0 Å². The zero-order valence-electron chi connectivity index (χ0n) is 12.2. The molecule has 4 nitrogen and oxygen atoms in total. The van der Waals surface area contributed by atoms with Gasteiger partial charge in [-0.05, 0) is 38.5 Å². The molecule has 0 bridgehead atoms. The average molecular weight is 341 g/mol. The van der Waals surface area contributed by atoms with Crippen LogP contribution in [-0.4, -0.2) is 36.3 Å². The van der Waals surface area contributed by atoms with E-state index in [0.717, 1.165) is 10.0 Å². The Hall–Kier alpha value is -1.36. The molecule has 0 saturated heterocycles. The number of carbonyl (C=O) groups excluding carboxylic acids is 2. The molecule has 110 valence electrons. The maximum atomic E-state index is 11.9. The van der Waals surface area contributed by atoms with Gasteiger partial charge in [-0.15, -0.1) is 0 Å². The fraction of sp³-hybridized carbons (Fsp3) is 0.467. The molecule has 0 fully saturated rings. The highest BCUT2D eigenvalue weighted by Crippen LogP contribution is 2.17. The molecular weight excluding hydrogens is 320 g/mol. The second-order valence-corrected chi connectivity index (χ2v) is 5.39. The lowest BCUT2D eigenvalue weighted by Crippen LogP contribution is -2.34. The Labute approximate surface area is 128 Å². The van der Waals surface area contributed by atoms with E-state index in [1.54, 1.807) is 17.0 Å². The molecule has 0 heterocycles. The van der Waals surface area contributed by atoms with E-state index in [9.17, 15) is 9.59 Å². The van der Waals surface area contributed by atoms with E-state index in [4.69, 9.17) is 0 Å². The van der Waals surface area contributed by atoms with E-state index in [2.05, 4.69) is 21.2 Å². The summed E-state index contributed by atoms with van der Waals surface area (Å²) >= 11 is 3.40. The maximum absolute atomic E-state index is 11.9. The minimum absolute atomic E-state index is 0.0698. The summed E-state index contributed by atoms with van der Waals surface area (Å²) in [6.45, 7) is 7.63. The third-order valence-corrected chi connectivity index (χ3v) is 4.03. The highest BCUT2D eigenvalue weighted by atomic mass is 79.9. The van der Waals surface area contributed by atoms with Gasteiger partial charge in [-0.3, -0.25) is 9.59 Å². The summed E-state index contributed by atoms with van der Waals surface area (Å²) in [5.74, 6) is -0.0848. The van der Waals surface area contributed by atoms with E-state index in [0.29, 0.717) is 31.6 Å². The topological polar surface area (TPSA) is 49.4 Å². The second kappa shape index (κ2) is 8.04. The van der Waals surface area contributed by atoms with Crippen molar-refractivity contribution in [1.82, 2.24) is 10.2 Å². The molecule has 0 unspecified atom stereocenters. The van der Waals surface area contributed by atoms with E-state index in [1.165, 1.54) is 0 Å². The van der Waals surface area contributed by atoms with Crippen LogP contribution in [0.4, 0.5) is 0 Å². The summed E-state index contributed by atoms with van der Waals surface area (Å²) in [4.78, 5) is 25.5. The Morgan fingerprint density at radius 2 is 1.90 bits per heavy atom. The molecular formula is C15H21BrN2O2. The molecule has 2 amide bonds. The Kier molecular flexibility index (Phi) is 6.71. The average Bonchev–Trinajstić information content (AvgIpc) is 2.43. The van der Waals surface area contributed by atoms with Crippen LogP contribution in [0.1, 0.15) is 36.2 Å². The molecule has 0 aliphatic heterocycles. The molecule has 0 saturated carbocycles. The molecule has 0 aliphatic carbocycles. The van der Waals surface area contributed by atoms with Crippen LogP contribution in [0.25, 0.3) is 0 Å². The molecule has 1 N–H and O–H groups in total. The quantitative estimate of drug-likeness (QED) is 0.865. The highest BCUT2D eigenvalue weighted by molar-refractivity contribution is 9.10. The summed E-state index contributed by atoms with van der Waals surface area (Å²) in [6, 6.07) is 5.46. The number of hydrogen-bond donors (Lipinski definition) is 1. The van der Waals surface area contributed by atoms with Crippen molar-refractivity contribution in [3.8, 4) is 0 Å². The largest absolute Gasteiger partial charge is 0.352 e. The monoisotopic (exact) mass is 340 g/mol. The molecule has 1 aromatic carbocycles. The fourth-order valence-electron chi connectivity index (χ4n) is 1.85. The van der Waals surface area contributed by atoms with Gasteiger partial charge in [0.2, 0.25) is 5.91 Å². The van der Waals surface area contributed by atoms with Gasteiger partial charge in [-0.1, -0.05) is 22.0 Å². The van der Waals surface area contributed by atoms with E-state index in [-0.39, 0.29) is 11.8 Å². The van der Waals surface area contributed by atoms with Crippen molar-refractivity contribution < 1.29 is 9.59 Å². The van der Waals surface area contributed by atoms with Crippen LogP contribution < -0.4 is 5.32 Å². The van der Waals surface area contributed by atoms with Crippen molar-refractivity contribution in [2.75, 3.05) is 19.6 Å². The summed E-state index contributed by atoms with van der Waals surface area (Å²) in [6.07, 6.45) is 0.334. The third kappa shape index (κ3) is 4.63. The number of nitrogens with zero attached hydrogens (tertiary/aromatic N) is 1. The minimum Gasteiger partial charge on any atom is -0.352 e. The first-order valence-corrected chi connectivity index (χ1v) is 7.61. The van der Waals surface area contributed by atoms with Gasteiger partial charge in [0, 0.05) is 36.1 Å². The van der Waals surface area contributed by atoms with Crippen LogP contribution in [0.5, 0.6) is 0 Å². The second-order valence-electron chi connectivity index (χ2n) is 4.54. The number of amides is 2. The molecule has 0 aliphatic rings. The van der Waals surface area contributed by atoms with E-state index < -0.39 is 0 Å². The van der Waals surface area contributed by atoms with Crippen molar-refractivity contribution in [1.29, 1.82) is 0 Å². The molecule has 0 spiro atoms. The molecule has 20 heavy (non-hydrogen) atoms. The number of carbonyl (C=O) groups is 2. The van der Waals surface area contributed by atoms with Crippen LogP contribution in [0.15, 0.2) is 22.7 Å². The first-order valence-electron chi connectivity index (χ1n) is 6.81. The molecule has 1 aromatic rings. The fourth-order valence-corrected chi connectivity index (χ4v) is 2.23. The Morgan fingerprint density at radius 1 is 1.25 bits per heavy atom. The zero-order valence-corrected chi connectivity index (χ0v) is 13.8. The van der Waals surface area contributed by atoms with Crippen LogP contribution >= 0.6 is 15.9 Å². The van der Waals surface area contributed by atoms with E-state index >= 15 is 0 Å². The standard InChI is InChI=1S/C15H21BrN2O2/c1-4-18(5-2)14(19)8-9-17-15(20)12-7-6-11(3)13(16)10-12/h6-7,10H,4-5,8-9H2,1-3H3,(H,17,20). The Morgan fingerprint density at radius 3 is 2.45 bits per heavy atom. The van der Waals surface area contributed by atoms with E-state index in [1.807, 2.05) is 26.8 Å². The smallest absolute Gasteiger partial charge is 0.251 e. The van der Waals surface area contributed by atoms with Gasteiger partial charge >= 0.3 is 0 Å². The lowest BCUT2D eigenvalue weighted by molar-refractivity contribution is -0.130. The van der Waals surface area contributed by atoms with Gasteiger partial charge in [0.05, 0.1) is 0 Å². The first-order chi connectivity index (χ1) is 9.49. The molecule has 0 atom stereocenters. The van der Waals surface area contributed by atoms with Crippen molar-refractivity contribution in [2.24, 2.45) is 0 Å². The molecule has 0 radical (unpaired) electrons. The van der Waals surface area contributed by atoms with Gasteiger partial charge in [-0.2, -0.15) is 0 Å². The zero-order chi connectivity index (χ0) is 15.1. The van der Waals surface area contributed by atoms with Crippen LogP contribution in [-0.2, 0) is 4.79 Å². The maximum Gasteiger partial charge on any atom is 0.251 e. The number of aryl methyl sites for hydroxylation is 1. The van der Waals surface area contributed by atoms with Crippen LogP contribution in [0, 0.1) is 6.92 Å².